The number of hydrogen-bond acceptors (Lipinski definition) is 3. The van der Waals surface area contributed by atoms with E-state index in [9.17, 15) is 14.4 Å². The molecule has 0 saturated heterocycles. The summed E-state index contributed by atoms with van der Waals surface area (Å²) in [5.74, 6) is -2.94. The molecule has 3 N–H and O–H groups in total. The highest BCUT2D eigenvalue weighted by Gasteiger charge is 2.22. The van der Waals surface area contributed by atoms with Crippen LogP contribution < -0.4 is 5.32 Å². The minimum Gasteiger partial charge on any atom is -0.481 e. The van der Waals surface area contributed by atoms with Crippen LogP contribution in [0.1, 0.15) is 23.2 Å². The van der Waals surface area contributed by atoms with Gasteiger partial charge in [0.25, 0.3) is 5.91 Å². The van der Waals surface area contributed by atoms with Crippen molar-refractivity contribution in [1.29, 1.82) is 0 Å². The fourth-order valence-corrected chi connectivity index (χ4v) is 1.87. The summed E-state index contributed by atoms with van der Waals surface area (Å²) in [5.41, 5.74) is 0.295. The number of carbonyl (C=O) groups is 3. The van der Waals surface area contributed by atoms with E-state index in [1.54, 1.807) is 18.2 Å². The molecule has 0 fully saturated rings. The third kappa shape index (κ3) is 4.70. The van der Waals surface area contributed by atoms with E-state index in [0.717, 1.165) is 0 Å². The Labute approximate surface area is 117 Å². The number of rotatable bonds is 6. The number of carboxylic acids is 2. The number of benzene rings is 1. The Morgan fingerprint density at radius 3 is 2.37 bits per heavy atom. The lowest BCUT2D eigenvalue weighted by Gasteiger charge is -2.14. The molecule has 1 aromatic rings. The molecule has 102 valence electrons. The number of carbonyl (C=O) groups excluding carboxylic acids is 1. The van der Waals surface area contributed by atoms with Crippen molar-refractivity contribution in [2.75, 3.05) is 0 Å². The summed E-state index contributed by atoms with van der Waals surface area (Å²) in [6, 6.07) is 5.33. The van der Waals surface area contributed by atoms with Gasteiger partial charge in [-0.05, 0) is 34.5 Å². The molecular weight excluding hydrogens is 318 g/mol. The molecular formula is C12H12BrNO5. The molecule has 0 bridgehead atoms. The van der Waals surface area contributed by atoms with Gasteiger partial charge in [-0.25, -0.2) is 4.79 Å². The van der Waals surface area contributed by atoms with Crippen molar-refractivity contribution in [3.8, 4) is 0 Å². The van der Waals surface area contributed by atoms with Gasteiger partial charge >= 0.3 is 11.9 Å². The van der Waals surface area contributed by atoms with Crippen LogP contribution in [0, 0.1) is 0 Å². The first kappa shape index (κ1) is 15.2. The zero-order valence-electron chi connectivity index (χ0n) is 9.80. The maximum absolute atomic E-state index is 11.9. The van der Waals surface area contributed by atoms with E-state index < -0.39 is 23.9 Å². The Balaban J connectivity index is 2.74. The van der Waals surface area contributed by atoms with Gasteiger partial charge in [0.1, 0.15) is 6.04 Å². The minimum atomic E-state index is -1.26. The lowest BCUT2D eigenvalue weighted by Crippen LogP contribution is -2.41. The lowest BCUT2D eigenvalue weighted by atomic mass is 10.1. The fourth-order valence-electron chi connectivity index (χ4n) is 1.41. The van der Waals surface area contributed by atoms with Gasteiger partial charge in [0, 0.05) is 10.9 Å². The molecule has 0 unspecified atom stereocenters. The summed E-state index contributed by atoms with van der Waals surface area (Å²) in [6.07, 6.45) is -0.492. The number of carboxylic acid groups (broad SMARTS) is 2. The fraction of sp³-hybridized carbons (Fsp3) is 0.250. The molecule has 1 rings (SSSR count). The van der Waals surface area contributed by atoms with Gasteiger partial charge in [-0.3, -0.25) is 9.59 Å². The molecule has 0 radical (unpaired) electrons. The summed E-state index contributed by atoms with van der Waals surface area (Å²) >= 11 is 3.18. The van der Waals surface area contributed by atoms with Crippen molar-refractivity contribution in [3.05, 3.63) is 34.3 Å². The van der Waals surface area contributed by atoms with Crippen molar-refractivity contribution >= 4 is 33.8 Å². The predicted octanol–water partition coefficient (Wildman–Crippen LogP) is 1.50. The second kappa shape index (κ2) is 6.89. The topological polar surface area (TPSA) is 104 Å². The summed E-state index contributed by atoms with van der Waals surface area (Å²) < 4.78 is 0.537. The van der Waals surface area contributed by atoms with E-state index >= 15 is 0 Å². The van der Waals surface area contributed by atoms with E-state index in [1.807, 2.05) is 0 Å². The Hall–Kier alpha value is -1.89. The number of aliphatic carboxylic acids is 2. The Morgan fingerprint density at radius 2 is 1.84 bits per heavy atom. The molecule has 1 atom stereocenters. The van der Waals surface area contributed by atoms with E-state index in [2.05, 4.69) is 21.2 Å². The van der Waals surface area contributed by atoms with Crippen LogP contribution >= 0.6 is 15.9 Å². The highest BCUT2D eigenvalue weighted by Crippen LogP contribution is 2.16. The Kier molecular flexibility index (Phi) is 5.50. The number of nitrogens with one attached hydrogen (secondary N) is 1. The molecule has 0 aromatic heterocycles. The third-order valence-electron chi connectivity index (χ3n) is 2.37. The smallest absolute Gasteiger partial charge is 0.326 e. The van der Waals surface area contributed by atoms with E-state index in [0.29, 0.717) is 10.0 Å². The first-order valence-corrected chi connectivity index (χ1v) is 6.21. The van der Waals surface area contributed by atoms with Crippen LogP contribution in [0.5, 0.6) is 0 Å². The van der Waals surface area contributed by atoms with Crippen LogP contribution in [0.2, 0.25) is 0 Å². The van der Waals surface area contributed by atoms with Crippen molar-refractivity contribution in [1.82, 2.24) is 5.32 Å². The van der Waals surface area contributed by atoms with Crippen LogP contribution in [0.25, 0.3) is 0 Å². The molecule has 0 aliphatic heterocycles. The zero-order valence-corrected chi connectivity index (χ0v) is 11.4. The van der Waals surface area contributed by atoms with Crippen molar-refractivity contribution in [2.45, 2.75) is 18.9 Å². The zero-order chi connectivity index (χ0) is 14.4. The number of hydrogen-bond donors (Lipinski definition) is 3. The van der Waals surface area contributed by atoms with Crippen molar-refractivity contribution in [3.63, 3.8) is 0 Å². The van der Waals surface area contributed by atoms with Gasteiger partial charge in [-0.2, -0.15) is 0 Å². The summed E-state index contributed by atoms with van der Waals surface area (Å²) in [5, 5.41) is 19.8. The average Bonchev–Trinajstić information content (AvgIpc) is 2.34. The van der Waals surface area contributed by atoms with Gasteiger partial charge in [-0.15, -0.1) is 0 Å². The summed E-state index contributed by atoms with van der Waals surface area (Å²) in [6.45, 7) is 0. The molecule has 6 nitrogen and oxygen atoms in total. The number of amides is 1. The Morgan fingerprint density at radius 1 is 1.21 bits per heavy atom. The molecule has 1 amide bonds. The predicted molar refractivity (Wildman–Crippen MR) is 69.9 cm³/mol. The number of halogens is 1. The first-order chi connectivity index (χ1) is 8.91. The highest BCUT2D eigenvalue weighted by molar-refractivity contribution is 9.10. The van der Waals surface area contributed by atoms with Crippen molar-refractivity contribution in [2.24, 2.45) is 0 Å². The van der Waals surface area contributed by atoms with Gasteiger partial charge in [-0.1, -0.05) is 12.1 Å². The van der Waals surface area contributed by atoms with Crippen LogP contribution in [0.15, 0.2) is 28.7 Å². The normalized spacial score (nSPS) is 11.6. The van der Waals surface area contributed by atoms with Gasteiger partial charge in [0.05, 0.1) is 5.56 Å². The highest BCUT2D eigenvalue weighted by atomic mass is 79.9. The van der Waals surface area contributed by atoms with E-state index in [4.69, 9.17) is 10.2 Å². The molecule has 0 spiro atoms. The first-order valence-electron chi connectivity index (χ1n) is 5.42. The maximum atomic E-state index is 11.9. The van der Waals surface area contributed by atoms with E-state index in [-0.39, 0.29) is 12.8 Å². The summed E-state index contributed by atoms with van der Waals surface area (Å²) in [4.78, 5) is 33.2. The summed E-state index contributed by atoms with van der Waals surface area (Å²) in [7, 11) is 0. The molecule has 0 aliphatic carbocycles. The molecule has 0 saturated carbocycles. The van der Waals surface area contributed by atoms with E-state index in [1.165, 1.54) is 6.07 Å². The van der Waals surface area contributed by atoms with Crippen molar-refractivity contribution < 1.29 is 24.6 Å². The lowest BCUT2D eigenvalue weighted by molar-refractivity contribution is -0.140. The monoisotopic (exact) mass is 329 g/mol. The molecule has 19 heavy (non-hydrogen) atoms. The van der Waals surface area contributed by atoms with Gasteiger partial charge in [0.2, 0.25) is 0 Å². The van der Waals surface area contributed by atoms with Gasteiger partial charge < -0.3 is 15.5 Å². The van der Waals surface area contributed by atoms with Gasteiger partial charge in [0.15, 0.2) is 0 Å². The second-order valence-electron chi connectivity index (χ2n) is 3.78. The molecule has 1 aromatic carbocycles. The molecule has 0 aliphatic rings. The van der Waals surface area contributed by atoms with Crippen LogP contribution in [0.4, 0.5) is 0 Å². The van der Waals surface area contributed by atoms with Crippen LogP contribution in [-0.2, 0) is 9.59 Å². The minimum absolute atomic E-state index is 0.166. The van der Waals surface area contributed by atoms with Crippen LogP contribution in [-0.4, -0.2) is 34.1 Å². The maximum Gasteiger partial charge on any atom is 0.326 e. The van der Waals surface area contributed by atoms with Crippen LogP contribution in [0.3, 0.4) is 0 Å². The average molecular weight is 330 g/mol. The third-order valence-corrected chi connectivity index (χ3v) is 3.06. The quantitative estimate of drug-likeness (QED) is 0.733. The molecule has 0 heterocycles. The second-order valence-corrected chi connectivity index (χ2v) is 4.63. The molecule has 7 heteroatoms. The Bertz CT molecular complexity index is 503. The largest absolute Gasteiger partial charge is 0.481 e. The SMILES string of the molecule is O=C(O)CC[C@H](NC(=O)c1ccccc1Br)C(=O)O. The standard InChI is InChI=1S/C12H12BrNO5/c13-8-4-2-1-3-7(8)11(17)14-9(12(18)19)5-6-10(15)16/h1-4,9H,5-6H2,(H,14,17)(H,15,16)(H,18,19)/t9-/m0/s1.